The molecule has 2 aromatic carbocycles. The van der Waals surface area contributed by atoms with Crippen LogP contribution in [0.5, 0.6) is 0 Å². The molecule has 13 heavy (non-hydrogen) atoms. The van der Waals surface area contributed by atoms with Crippen LogP contribution in [0.2, 0.25) is 0 Å². The minimum Gasteiger partial charge on any atom is -0.171 e. The van der Waals surface area contributed by atoms with Gasteiger partial charge in [-0.15, -0.1) is 0 Å². The lowest BCUT2D eigenvalue weighted by Crippen LogP contribution is -1.83. The Morgan fingerprint density at radius 2 is 1.85 bits per heavy atom. The Hall–Kier alpha value is -0.950. The second kappa shape index (κ2) is 2.52. The average molecular weight is 186 g/mol. The molecule has 0 saturated carbocycles. The summed E-state index contributed by atoms with van der Waals surface area (Å²) in [5.41, 5.74) is 2.85. The molecular weight excluding hydrogens is 176 g/mol. The van der Waals surface area contributed by atoms with Crippen molar-refractivity contribution < 1.29 is 0 Å². The summed E-state index contributed by atoms with van der Waals surface area (Å²) in [5, 5.41) is 3.19. The topological polar surface area (TPSA) is 0 Å². The van der Waals surface area contributed by atoms with E-state index in [0.717, 1.165) is 6.42 Å². The van der Waals surface area contributed by atoms with Crippen molar-refractivity contribution >= 4 is 23.4 Å². The zero-order chi connectivity index (χ0) is 8.84. The molecular formula is C12H10S. The molecule has 0 aromatic heterocycles. The van der Waals surface area contributed by atoms with Crippen LogP contribution in [0.25, 0.3) is 10.8 Å². The first-order valence-corrected chi connectivity index (χ1v) is 5.06. The van der Waals surface area contributed by atoms with E-state index in [-0.39, 0.29) is 0 Å². The van der Waals surface area contributed by atoms with Gasteiger partial charge in [-0.3, -0.25) is 0 Å². The summed E-state index contributed by atoms with van der Waals surface area (Å²) in [6.07, 6.45) is 1.08. The molecule has 3 rings (SSSR count). The predicted molar refractivity (Wildman–Crippen MR) is 59.4 cm³/mol. The van der Waals surface area contributed by atoms with Crippen LogP contribution in [0.15, 0.2) is 36.4 Å². The predicted octanol–water partition coefficient (Wildman–Crippen LogP) is 3.37. The maximum atomic E-state index is 4.59. The van der Waals surface area contributed by atoms with E-state index in [1.54, 1.807) is 0 Å². The Labute approximate surface area is 83.0 Å². The van der Waals surface area contributed by atoms with Gasteiger partial charge in [-0.25, -0.2) is 0 Å². The van der Waals surface area contributed by atoms with Gasteiger partial charge in [0, 0.05) is 5.25 Å². The van der Waals surface area contributed by atoms with Crippen LogP contribution in [0.1, 0.15) is 16.4 Å². The second-order valence-electron chi connectivity index (χ2n) is 3.58. The van der Waals surface area contributed by atoms with Gasteiger partial charge in [0.15, 0.2) is 0 Å². The number of thiol groups is 1. The van der Waals surface area contributed by atoms with Gasteiger partial charge >= 0.3 is 0 Å². The molecule has 2 aromatic rings. The average Bonchev–Trinajstić information content (AvgIpc) is 2.47. The lowest BCUT2D eigenvalue weighted by atomic mass is 10.1. The first-order chi connectivity index (χ1) is 6.36. The molecule has 0 spiro atoms. The van der Waals surface area contributed by atoms with Crippen molar-refractivity contribution in [1.29, 1.82) is 0 Å². The third-order valence-electron chi connectivity index (χ3n) is 2.80. The van der Waals surface area contributed by atoms with Crippen LogP contribution < -0.4 is 0 Å². The van der Waals surface area contributed by atoms with Gasteiger partial charge in [0.25, 0.3) is 0 Å². The largest absolute Gasteiger partial charge is 0.171 e. The van der Waals surface area contributed by atoms with Gasteiger partial charge in [-0.2, -0.15) is 12.6 Å². The highest BCUT2D eigenvalue weighted by molar-refractivity contribution is 7.80. The van der Waals surface area contributed by atoms with Crippen molar-refractivity contribution in [3.63, 3.8) is 0 Å². The summed E-state index contributed by atoms with van der Waals surface area (Å²) >= 11 is 4.59. The molecule has 0 fully saturated rings. The summed E-state index contributed by atoms with van der Waals surface area (Å²) < 4.78 is 0. The first-order valence-electron chi connectivity index (χ1n) is 4.55. The van der Waals surface area contributed by atoms with E-state index >= 15 is 0 Å². The Morgan fingerprint density at radius 1 is 1.08 bits per heavy atom. The summed E-state index contributed by atoms with van der Waals surface area (Å²) in [6.45, 7) is 0. The molecule has 0 aliphatic heterocycles. The van der Waals surface area contributed by atoms with Crippen molar-refractivity contribution in [2.24, 2.45) is 0 Å². The van der Waals surface area contributed by atoms with E-state index in [2.05, 4.69) is 49.0 Å². The minimum absolute atomic E-state index is 0.404. The molecule has 0 bridgehead atoms. The van der Waals surface area contributed by atoms with Crippen LogP contribution in [-0.2, 0) is 6.42 Å². The fraction of sp³-hybridized carbons (Fsp3) is 0.167. The highest BCUT2D eigenvalue weighted by atomic mass is 32.1. The Bertz CT molecular complexity index is 468. The van der Waals surface area contributed by atoms with Gasteiger partial charge in [-0.05, 0) is 28.3 Å². The summed E-state index contributed by atoms with van der Waals surface area (Å²) in [4.78, 5) is 0. The fourth-order valence-corrected chi connectivity index (χ4v) is 2.63. The summed E-state index contributed by atoms with van der Waals surface area (Å²) in [5.74, 6) is 0. The van der Waals surface area contributed by atoms with Crippen molar-refractivity contribution in [1.82, 2.24) is 0 Å². The normalized spacial score (nSPS) is 19.6. The maximum Gasteiger partial charge on any atom is 0.0313 e. The standard InChI is InChI=1S/C12H10S/c13-11-7-9-5-1-3-8-4-2-6-10(11)12(8)9/h1-6,11,13H,7H2. The van der Waals surface area contributed by atoms with Crippen molar-refractivity contribution in [3.05, 3.63) is 47.5 Å². The highest BCUT2D eigenvalue weighted by Crippen LogP contribution is 2.39. The maximum absolute atomic E-state index is 4.59. The molecule has 1 atom stereocenters. The van der Waals surface area contributed by atoms with Crippen LogP contribution in [0, 0.1) is 0 Å². The third kappa shape index (κ3) is 0.939. The Kier molecular flexibility index (Phi) is 1.44. The lowest BCUT2D eigenvalue weighted by Gasteiger charge is -2.02. The van der Waals surface area contributed by atoms with Gasteiger partial charge in [-0.1, -0.05) is 36.4 Å². The Balaban J connectivity index is 2.51. The van der Waals surface area contributed by atoms with Crippen molar-refractivity contribution in [3.8, 4) is 0 Å². The van der Waals surface area contributed by atoms with Gasteiger partial charge in [0.2, 0.25) is 0 Å². The van der Waals surface area contributed by atoms with Crippen LogP contribution in [0.3, 0.4) is 0 Å². The molecule has 1 aliphatic carbocycles. The molecule has 0 radical (unpaired) electrons. The van der Waals surface area contributed by atoms with Crippen LogP contribution in [-0.4, -0.2) is 0 Å². The first kappa shape index (κ1) is 7.45. The van der Waals surface area contributed by atoms with Gasteiger partial charge in [0.05, 0.1) is 0 Å². The summed E-state index contributed by atoms with van der Waals surface area (Å²) in [6, 6.07) is 13.0. The van der Waals surface area contributed by atoms with Crippen molar-refractivity contribution in [2.75, 3.05) is 0 Å². The van der Waals surface area contributed by atoms with E-state index in [0.29, 0.717) is 5.25 Å². The number of rotatable bonds is 0. The van der Waals surface area contributed by atoms with Gasteiger partial charge < -0.3 is 0 Å². The molecule has 0 nitrogen and oxygen atoms in total. The van der Waals surface area contributed by atoms with E-state index in [1.165, 1.54) is 21.9 Å². The van der Waals surface area contributed by atoms with E-state index in [4.69, 9.17) is 0 Å². The molecule has 0 heterocycles. The summed E-state index contributed by atoms with van der Waals surface area (Å²) in [7, 11) is 0. The number of benzene rings is 2. The molecule has 0 N–H and O–H groups in total. The highest BCUT2D eigenvalue weighted by Gasteiger charge is 2.20. The van der Waals surface area contributed by atoms with E-state index < -0.39 is 0 Å². The fourth-order valence-electron chi connectivity index (χ4n) is 2.22. The molecule has 0 amide bonds. The molecule has 0 saturated heterocycles. The number of hydrogen-bond acceptors (Lipinski definition) is 1. The zero-order valence-electron chi connectivity index (χ0n) is 7.20. The molecule has 64 valence electrons. The minimum atomic E-state index is 0.404. The van der Waals surface area contributed by atoms with E-state index in [1.807, 2.05) is 0 Å². The third-order valence-corrected chi connectivity index (χ3v) is 3.26. The zero-order valence-corrected chi connectivity index (χ0v) is 8.09. The van der Waals surface area contributed by atoms with Crippen LogP contribution in [0.4, 0.5) is 0 Å². The van der Waals surface area contributed by atoms with Gasteiger partial charge in [0.1, 0.15) is 0 Å². The van der Waals surface area contributed by atoms with Crippen LogP contribution >= 0.6 is 12.6 Å². The van der Waals surface area contributed by atoms with E-state index in [9.17, 15) is 0 Å². The SMILES string of the molecule is SC1Cc2cccc3cccc1c23. The second-order valence-corrected chi connectivity index (χ2v) is 4.21. The quantitative estimate of drug-likeness (QED) is 0.599. The number of hydrogen-bond donors (Lipinski definition) is 1. The smallest absolute Gasteiger partial charge is 0.0313 e. The Morgan fingerprint density at radius 3 is 2.69 bits per heavy atom. The molecule has 1 unspecified atom stereocenters. The molecule has 1 aliphatic rings. The monoisotopic (exact) mass is 186 g/mol. The van der Waals surface area contributed by atoms with Crippen molar-refractivity contribution in [2.45, 2.75) is 11.7 Å². The molecule has 1 heteroatoms. The lowest BCUT2D eigenvalue weighted by molar-refractivity contribution is 1.00.